The first kappa shape index (κ1) is 71.4. The number of unbranched alkanes of at least 4 members (excludes halogenated alkanes) is 1. The number of hydrogen-bond donors (Lipinski definition) is 15. The maximum Gasteiger partial charge on any atom is 0.243 e. The number of fused-ring (bicyclic) bond motifs is 1. The number of nitrogens with one attached hydrogen (secondary N) is 11. The summed E-state index contributed by atoms with van der Waals surface area (Å²) in [6.07, 6.45) is 9.29. The molecule has 30 heteroatoms. The fraction of sp³-hybridized carbons (Fsp3) is 0.500. The van der Waals surface area contributed by atoms with E-state index >= 15 is 0 Å². The van der Waals surface area contributed by atoms with E-state index in [1.165, 1.54) is 12.5 Å². The number of aliphatic imine (C=N–C) groups is 1. The van der Waals surface area contributed by atoms with Crippen LogP contribution in [0.3, 0.4) is 0 Å². The van der Waals surface area contributed by atoms with Crippen molar-refractivity contribution in [2.75, 3.05) is 45.8 Å². The summed E-state index contributed by atoms with van der Waals surface area (Å²) in [5, 5.41) is 29.6. The minimum absolute atomic E-state index is 0.00426. The number of guanidine groups is 1. The number of imidazole rings is 1. The maximum absolute atomic E-state index is 14.9. The Balaban J connectivity index is 1.25. The van der Waals surface area contributed by atoms with Crippen molar-refractivity contribution < 1.29 is 47.9 Å². The van der Waals surface area contributed by atoms with Gasteiger partial charge in [-0.2, -0.15) is 5.10 Å². The maximum atomic E-state index is 14.9. The summed E-state index contributed by atoms with van der Waals surface area (Å²) < 4.78 is 1.82. The average Bonchev–Trinajstić information content (AvgIpc) is 1.64. The zero-order valence-electron chi connectivity index (χ0n) is 52.1. The van der Waals surface area contributed by atoms with Crippen LogP contribution in [0.1, 0.15) is 101 Å². The lowest BCUT2D eigenvalue weighted by Gasteiger charge is -2.28. The van der Waals surface area contributed by atoms with Gasteiger partial charge in [-0.05, 0) is 74.8 Å². The van der Waals surface area contributed by atoms with Crippen LogP contribution in [0.25, 0.3) is 10.9 Å². The van der Waals surface area contributed by atoms with E-state index < -0.39 is 102 Å². The molecule has 0 aliphatic carbocycles. The molecule has 0 unspecified atom stereocenters. The Morgan fingerprint density at radius 1 is 0.750 bits per heavy atom. The van der Waals surface area contributed by atoms with Crippen LogP contribution in [0.15, 0.2) is 96.8 Å². The van der Waals surface area contributed by atoms with E-state index in [4.69, 9.17) is 22.9 Å². The van der Waals surface area contributed by atoms with Gasteiger partial charge in [-0.1, -0.05) is 68.3 Å². The summed E-state index contributed by atoms with van der Waals surface area (Å²) in [6.45, 7) is 4.99. The molecular formula is C62H90N20O10. The molecule has 19 N–H and O–H groups in total. The highest BCUT2D eigenvalue weighted by atomic mass is 16.2. The number of carbonyl (C=O) groups is 10. The first-order valence-electron chi connectivity index (χ1n) is 31.3. The van der Waals surface area contributed by atoms with Gasteiger partial charge in [0.2, 0.25) is 59.1 Å². The zero-order valence-corrected chi connectivity index (χ0v) is 52.1. The van der Waals surface area contributed by atoms with Gasteiger partial charge in [0, 0.05) is 113 Å². The summed E-state index contributed by atoms with van der Waals surface area (Å²) in [5.74, 6) is -7.72. The molecule has 7 atom stereocenters. The van der Waals surface area contributed by atoms with Crippen LogP contribution in [-0.2, 0) is 73.8 Å². The van der Waals surface area contributed by atoms with Crippen molar-refractivity contribution in [2.45, 2.75) is 152 Å². The second-order valence-electron chi connectivity index (χ2n) is 22.7. The third-order valence-corrected chi connectivity index (χ3v) is 15.5. The van der Waals surface area contributed by atoms with Gasteiger partial charge in [0.25, 0.3) is 0 Å². The van der Waals surface area contributed by atoms with Gasteiger partial charge in [0.05, 0.1) is 19.3 Å². The van der Waals surface area contributed by atoms with Crippen LogP contribution in [0.2, 0.25) is 0 Å². The number of amides is 10. The molecule has 3 aromatic heterocycles. The summed E-state index contributed by atoms with van der Waals surface area (Å²) in [4.78, 5) is 158. The lowest BCUT2D eigenvalue weighted by molar-refractivity contribution is -0.136. The molecule has 0 bridgehead atoms. The predicted octanol–water partition coefficient (Wildman–Crippen LogP) is -1.82. The molecule has 2 aromatic carbocycles. The van der Waals surface area contributed by atoms with Crippen molar-refractivity contribution in [3.8, 4) is 0 Å². The fourth-order valence-electron chi connectivity index (χ4n) is 10.5. The molecule has 30 nitrogen and oxygen atoms in total. The Bertz CT molecular complexity index is 3210. The van der Waals surface area contributed by atoms with Crippen LogP contribution >= 0.6 is 0 Å². The SMILES string of the molecule is CCCC[C@H](NC(=O)CCNC(=O)CCCN(CCN)CCn1cccn1)C(=O)N[C@H]1CC(=O)NCCCC[C@@H](C(N)=O)NC(=O)[C@H](Cc2c[nH]c3ccccc23)NC(=O)[C@H](CCCN=C(N)N)NC(=O)[C@@H](Cc2ccccc2)NC(=O)[C@H](Cc2cnc[nH]2)NC1=O. The number of aromatic nitrogens is 5. The number of primary amides is 1. The third kappa shape index (κ3) is 24.6. The first-order valence-corrected chi connectivity index (χ1v) is 31.3. The zero-order chi connectivity index (χ0) is 66.2. The molecule has 6 rings (SSSR count). The normalized spacial score (nSPS) is 19.5. The van der Waals surface area contributed by atoms with Crippen LogP contribution < -0.4 is 70.8 Å². The largest absolute Gasteiger partial charge is 0.370 e. The number of aromatic amines is 2. The molecule has 0 radical (unpaired) electrons. The van der Waals surface area contributed by atoms with Gasteiger partial charge in [-0.25, -0.2) is 4.98 Å². The monoisotopic (exact) mass is 1270 g/mol. The van der Waals surface area contributed by atoms with Gasteiger partial charge < -0.3 is 85.7 Å². The highest BCUT2D eigenvalue weighted by Crippen LogP contribution is 2.20. The minimum Gasteiger partial charge on any atom is -0.370 e. The first-order chi connectivity index (χ1) is 44.4. The van der Waals surface area contributed by atoms with E-state index in [1.54, 1.807) is 42.7 Å². The van der Waals surface area contributed by atoms with E-state index in [0.717, 1.165) is 10.9 Å². The molecule has 1 aliphatic rings. The molecule has 92 heavy (non-hydrogen) atoms. The molecule has 10 amide bonds. The summed E-state index contributed by atoms with van der Waals surface area (Å²) in [7, 11) is 0. The highest BCUT2D eigenvalue weighted by molar-refractivity contribution is 5.99. The number of nitrogens with two attached hydrogens (primary N) is 4. The molecule has 0 spiro atoms. The smallest absolute Gasteiger partial charge is 0.243 e. The summed E-state index contributed by atoms with van der Waals surface area (Å²) in [6, 6.07) is 8.04. The fourth-order valence-corrected chi connectivity index (χ4v) is 10.5. The van der Waals surface area contributed by atoms with E-state index in [2.05, 4.69) is 77.8 Å². The number of para-hydroxylation sites is 1. The number of H-pyrrole nitrogens is 2. The van der Waals surface area contributed by atoms with Gasteiger partial charge in [-0.3, -0.25) is 57.6 Å². The summed E-state index contributed by atoms with van der Waals surface area (Å²) >= 11 is 0. The Morgan fingerprint density at radius 3 is 2.16 bits per heavy atom. The number of nitrogens with zero attached hydrogens (tertiary/aromatic N) is 5. The molecule has 1 aliphatic heterocycles. The van der Waals surface area contributed by atoms with Crippen molar-refractivity contribution in [3.05, 3.63) is 109 Å². The van der Waals surface area contributed by atoms with Gasteiger partial charge in [0.15, 0.2) is 5.96 Å². The quantitative estimate of drug-likeness (QED) is 0.0142. The number of hydrogen-bond acceptors (Lipinski definition) is 15. The van der Waals surface area contributed by atoms with Gasteiger partial charge >= 0.3 is 0 Å². The molecule has 498 valence electrons. The van der Waals surface area contributed by atoms with Crippen molar-refractivity contribution in [1.29, 1.82) is 0 Å². The third-order valence-electron chi connectivity index (χ3n) is 15.5. The second-order valence-corrected chi connectivity index (χ2v) is 22.7. The van der Waals surface area contributed by atoms with Gasteiger partial charge in [0.1, 0.15) is 42.3 Å². The average molecular weight is 1280 g/mol. The van der Waals surface area contributed by atoms with Crippen molar-refractivity contribution in [3.63, 3.8) is 0 Å². The van der Waals surface area contributed by atoms with E-state index in [1.807, 2.05) is 48.1 Å². The van der Waals surface area contributed by atoms with Crippen LogP contribution in [0, 0.1) is 0 Å². The highest BCUT2D eigenvalue weighted by Gasteiger charge is 2.36. The molecule has 1 saturated heterocycles. The predicted molar refractivity (Wildman–Crippen MR) is 343 cm³/mol. The minimum atomic E-state index is -1.67. The molecule has 5 aromatic rings. The Labute approximate surface area is 533 Å². The Kier molecular flexibility index (Phi) is 29.5. The second kappa shape index (κ2) is 38.1. The van der Waals surface area contributed by atoms with Crippen LogP contribution in [0.5, 0.6) is 0 Å². The van der Waals surface area contributed by atoms with Crippen molar-refractivity contribution >= 4 is 75.9 Å². The standard InChI is InChI=1S/C62H90N20O10/c1-2-3-17-46(74-53(84)22-27-69-52(83)21-12-28-81(30-23-63)31-32-82-29-13-26-73-82)56(87)80-51-36-54(85)68-24-10-9-19-45(55(64)86)75-59(90)49(34-41-37-71-44-18-8-7-16-43(41)44)78-57(88)47(20-11-25-70-62(65)66)76-58(89)48(33-40-14-5-4-6-15-40)77-60(91)50(79-61(51)92)35-42-38-67-39-72-42/h4-8,13-16,18,26,29,37-39,45-51,71H,2-3,9-12,17,19-25,27-28,30-36,63H2,1H3,(H2,64,86)(H,67,72)(H,68,85)(H,69,83)(H,74,84)(H,75,90)(H,76,89)(H,77,91)(H,78,88)(H,79,92)(H,80,87)(H4,65,66,70)/t45-,46-,47-,48+,49-,50-,51-/m0/s1. The van der Waals surface area contributed by atoms with Crippen LogP contribution in [-0.4, -0.2) is 183 Å². The topological polar surface area (TPSA) is 461 Å². The van der Waals surface area contributed by atoms with E-state index in [0.29, 0.717) is 68.8 Å². The Morgan fingerprint density at radius 2 is 1.46 bits per heavy atom. The van der Waals surface area contributed by atoms with Gasteiger partial charge in [-0.15, -0.1) is 0 Å². The molecule has 4 heterocycles. The summed E-state index contributed by atoms with van der Waals surface area (Å²) in [5.41, 5.74) is 25.3. The number of carbonyl (C=O) groups excluding carboxylic acids is 10. The van der Waals surface area contributed by atoms with Crippen molar-refractivity contribution in [2.24, 2.45) is 27.9 Å². The van der Waals surface area contributed by atoms with Crippen molar-refractivity contribution in [1.82, 2.24) is 77.5 Å². The van der Waals surface area contributed by atoms with E-state index in [9.17, 15) is 47.9 Å². The van der Waals surface area contributed by atoms with Crippen LogP contribution in [0.4, 0.5) is 0 Å². The Hall–Kier alpha value is -9.71. The number of benzene rings is 2. The lowest BCUT2D eigenvalue weighted by Crippen LogP contribution is -2.61. The lowest BCUT2D eigenvalue weighted by atomic mass is 10.0. The molecule has 1 fully saturated rings. The molecule has 0 saturated carbocycles. The number of rotatable bonds is 29. The molecular weight excluding hydrogens is 1180 g/mol. The van der Waals surface area contributed by atoms with E-state index in [-0.39, 0.29) is 102 Å².